The Balaban J connectivity index is 1.52. The van der Waals surface area contributed by atoms with Crippen molar-refractivity contribution in [1.82, 2.24) is 14.5 Å². The van der Waals surface area contributed by atoms with Gasteiger partial charge in [-0.15, -0.1) is 0 Å². The Morgan fingerprint density at radius 2 is 2.04 bits per heavy atom. The quantitative estimate of drug-likeness (QED) is 0.769. The van der Waals surface area contributed by atoms with Crippen molar-refractivity contribution in [3.63, 3.8) is 0 Å². The van der Waals surface area contributed by atoms with E-state index < -0.39 is 0 Å². The first-order valence-electron chi connectivity index (χ1n) is 8.86. The molecule has 1 fully saturated rings. The highest BCUT2D eigenvalue weighted by Gasteiger charge is 2.32. The highest BCUT2D eigenvalue weighted by Crippen LogP contribution is 2.34. The number of rotatable bonds is 5. The molecule has 1 saturated heterocycles. The molecule has 1 aliphatic heterocycles. The van der Waals surface area contributed by atoms with E-state index in [0.717, 1.165) is 24.4 Å². The minimum atomic E-state index is -0.295. The fourth-order valence-electron chi connectivity index (χ4n) is 3.67. The lowest BCUT2D eigenvalue weighted by atomic mass is 10.0. The maximum atomic E-state index is 10.2. The third kappa shape index (κ3) is 3.49. The molecule has 1 aliphatic rings. The molecule has 5 heteroatoms. The molecule has 3 aromatic rings. The second kappa shape index (κ2) is 7.32. The average molecular weight is 349 g/mol. The summed E-state index contributed by atoms with van der Waals surface area (Å²) in [6.07, 6.45) is 5.96. The SMILES string of the molecule is COc1cccc([C@@H]2C[C@@H](O)CN2Cc2ccc(-n3ccnc3)cc2)c1. The van der Waals surface area contributed by atoms with Crippen LogP contribution in [0.25, 0.3) is 5.69 Å². The van der Waals surface area contributed by atoms with E-state index in [1.807, 2.05) is 22.9 Å². The Morgan fingerprint density at radius 1 is 1.19 bits per heavy atom. The molecule has 1 aromatic heterocycles. The van der Waals surface area contributed by atoms with Crippen LogP contribution in [-0.2, 0) is 6.54 Å². The van der Waals surface area contributed by atoms with Gasteiger partial charge in [-0.3, -0.25) is 4.90 Å². The smallest absolute Gasteiger partial charge is 0.119 e. The number of methoxy groups -OCH3 is 1. The molecule has 0 radical (unpaired) electrons. The second-order valence-electron chi connectivity index (χ2n) is 6.75. The molecule has 5 nitrogen and oxygen atoms in total. The van der Waals surface area contributed by atoms with Gasteiger partial charge in [-0.05, 0) is 41.8 Å². The summed E-state index contributed by atoms with van der Waals surface area (Å²) < 4.78 is 7.34. The van der Waals surface area contributed by atoms with E-state index in [-0.39, 0.29) is 12.1 Å². The average Bonchev–Trinajstić information content (AvgIpc) is 3.32. The fourth-order valence-corrected chi connectivity index (χ4v) is 3.67. The zero-order valence-electron chi connectivity index (χ0n) is 14.8. The lowest BCUT2D eigenvalue weighted by Crippen LogP contribution is -2.24. The van der Waals surface area contributed by atoms with Gasteiger partial charge < -0.3 is 14.4 Å². The van der Waals surface area contributed by atoms with E-state index in [9.17, 15) is 5.11 Å². The molecule has 134 valence electrons. The molecule has 0 aliphatic carbocycles. The first kappa shape index (κ1) is 16.8. The van der Waals surface area contributed by atoms with Crippen LogP contribution in [0.4, 0.5) is 0 Å². The number of likely N-dealkylation sites (tertiary alicyclic amines) is 1. The van der Waals surface area contributed by atoms with Crippen LogP contribution in [0.2, 0.25) is 0 Å². The van der Waals surface area contributed by atoms with E-state index >= 15 is 0 Å². The van der Waals surface area contributed by atoms with Gasteiger partial charge in [-0.25, -0.2) is 4.98 Å². The molecule has 0 amide bonds. The van der Waals surface area contributed by atoms with E-state index in [1.54, 1.807) is 19.6 Å². The number of aromatic nitrogens is 2. The Hall–Kier alpha value is -2.63. The van der Waals surface area contributed by atoms with Crippen LogP contribution in [0.15, 0.2) is 67.3 Å². The van der Waals surface area contributed by atoms with Crippen LogP contribution in [0, 0.1) is 0 Å². The summed E-state index contributed by atoms with van der Waals surface area (Å²) in [6, 6.07) is 16.8. The van der Waals surface area contributed by atoms with Crippen molar-refractivity contribution in [2.24, 2.45) is 0 Å². The maximum Gasteiger partial charge on any atom is 0.119 e. The number of imidazole rings is 1. The minimum absolute atomic E-state index is 0.202. The summed E-state index contributed by atoms with van der Waals surface area (Å²) in [5.41, 5.74) is 3.52. The van der Waals surface area contributed by atoms with Crippen molar-refractivity contribution in [3.05, 3.63) is 78.4 Å². The van der Waals surface area contributed by atoms with Gasteiger partial charge in [0.2, 0.25) is 0 Å². The summed E-state index contributed by atoms with van der Waals surface area (Å²) in [5, 5.41) is 10.2. The molecule has 2 heterocycles. The predicted octanol–water partition coefficient (Wildman–Crippen LogP) is 3.19. The molecular weight excluding hydrogens is 326 g/mol. The van der Waals surface area contributed by atoms with Crippen LogP contribution >= 0.6 is 0 Å². The van der Waals surface area contributed by atoms with E-state index in [0.29, 0.717) is 6.54 Å². The normalized spacial score (nSPS) is 20.4. The van der Waals surface area contributed by atoms with Crippen LogP contribution in [0.5, 0.6) is 5.75 Å². The zero-order valence-corrected chi connectivity index (χ0v) is 14.8. The van der Waals surface area contributed by atoms with E-state index in [1.165, 1.54) is 11.1 Å². The van der Waals surface area contributed by atoms with Crippen LogP contribution in [0.3, 0.4) is 0 Å². The zero-order chi connectivity index (χ0) is 17.9. The Morgan fingerprint density at radius 3 is 2.77 bits per heavy atom. The molecular formula is C21H23N3O2. The summed E-state index contributed by atoms with van der Waals surface area (Å²) in [6.45, 7) is 1.49. The summed E-state index contributed by atoms with van der Waals surface area (Å²) in [4.78, 5) is 6.43. The fraction of sp³-hybridized carbons (Fsp3) is 0.286. The number of aliphatic hydroxyl groups excluding tert-OH is 1. The lowest BCUT2D eigenvalue weighted by Gasteiger charge is -2.25. The number of aliphatic hydroxyl groups is 1. The molecule has 0 saturated carbocycles. The van der Waals surface area contributed by atoms with Crippen molar-refractivity contribution in [3.8, 4) is 11.4 Å². The number of hydrogen-bond acceptors (Lipinski definition) is 4. The van der Waals surface area contributed by atoms with Crippen molar-refractivity contribution in [2.45, 2.75) is 25.1 Å². The van der Waals surface area contributed by atoms with Gasteiger partial charge >= 0.3 is 0 Å². The van der Waals surface area contributed by atoms with Crippen LogP contribution in [-0.4, -0.2) is 39.3 Å². The molecule has 1 N–H and O–H groups in total. The molecule has 0 unspecified atom stereocenters. The summed E-state index contributed by atoms with van der Waals surface area (Å²) in [7, 11) is 1.68. The van der Waals surface area contributed by atoms with Gasteiger partial charge in [0.15, 0.2) is 0 Å². The molecule has 2 aromatic carbocycles. The summed E-state index contributed by atoms with van der Waals surface area (Å²) >= 11 is 0. The van der Waals surface area contributed by atoms with Crippen LogP contribution < -0.4 is 4.74 Å². The number of β-amino-alcohol motifs (C(OH)–C–C–N with tert-alkyl or cyclic N) is 1. The molecule has 0 bridgehead atoms. The highest BCUT2D eigenvalue weighted by atomic mass is 16.5. The third-order valence-corrected chi connectivity index (χ3v) is 4.98. The standard InChI is InChI=1S/C21H23N3O2/c1-26-20-4-2-3-17(11-20)21-12-19(25)14-24(21)13-16-5-7-18(8-6-16)23-10-9-22-15-23/h2-11,15,19,21,25H,12-14H2,1H3/t19-,21+/m1/s1. The van der Waals surface area contributed by atoms with Crippen molar-refractivity contribution in [2.75, 3.05) is 13.7 Å². The van der Waals surface area contributed by atoms with E-state index in [2.05, 4.69) is 46.3 Å². The maximum absolute atomic E-state index is 10.2. The number of ether oxygens (including phenoxy) is 1. The first-order chi connectivity index (χ1) is 12.7. The Kier molecular flexibility index (Phi) is 4.73. The molecule has 2 atom stereocenters. The largest absolute Gasteiger partial charge is 0.497 e. The Labute approximate surface area is 153 Å². The number of benzene rings is 2. The predicted molar refractivity (Wildman–Crippen MR) is 100 cm³/mol. The topological polar surface area (TPSA) is 50.5 Å². The van der Waals surface area contributed by atoms with Crippen molar-refractivity contribution in [1.29, 1.82) is 0 Å². The van der Waals surface area contributed by atoms with Gasteiger partial charge in [-0.2, -0.15) is 0 Å². The second-order valence-corrected chi connectivity index (χ2v) is 6.75. The number of hydrogen-bond donors (Lipinski definition) is 1. The van der Waals surface area contributed by atoms with Gasteiger partial charge in [0.1, 0.15) is 5.75 Å². The van der Waals surface area contributed by atoms with Crippen molar-refractivity contribution >= 4 is 0 Å². The molecule has 4 rings (SSSR count). The third-order valence-electron chi connectivity index (χ3n) is 4.98. The summed E-state index contributed by atoms with van der Waals surface area (Å²) in [5.74, 6) is 0.855. The van der Waals surface area contributed by atoms with Gasteiger partial charge in [-0.1, -0.05) is 24.3 Å². The first-order valence-corrected chi connectivity index (χ1v) is 8.86. The highest BCUT2D eigenvalue weighted by molar-refractivity contribution is 5.35. The lowest BCUT2D eigenvalue weighted by molar-refractivity contribution is 0.172. The Bertz CT molecular complexity index is 846. The van der Waals surface area contributed by atoms with Crippen molar-refractivity contribution < 1.29 is 9.84 Å². The number of nitrogens with zero attached hydrogens (tertiary/aromatic N) is 3. The monoisotopic (exact) mass is 349 g/mol. The minimum Gasteiger partial charge on any atom is -0.497 e. The molecule has 26 heavy (non-hydrogen) atoms. The van der Waals surface area contributed by atoms with E-state index in [4.69, 9.17) is 4.74 Å². The molecule has 0 spiro atoms. The van der Waals surface area contributed by atoms with Gasteiger partial charge in [0.05, 0.1) is 19.5 Å². The van der Waals surface area contributed by atoms with Crippen LogP contribution in [0.1, 0.15) is 23.6 Å². The van der Waals surface area contributed by atoms with Gasteiger partial charge in [0.25, 0.3) is 0 Å². The van der Waals surface area contributed by atoms with Gasteiger partial charge in [0, 0.05) is 37.2 Å².